The van der Waals surface area contributed by atoms with Crippen molar-refractivity contribution in [2.24, 2.45) is 5.92 Å². The summed E-state index contributed by atoms with van der Waals surface area (Å²) < 4.78 is 14.9. The molecule has 0 spiro atoms. The van der Waals surface area contributed by atoms with Crippen LogP contribution in [0.1, 0.15) is 44.1 Å². The van der Waals surface area contributed by atoms with Gasteiger partial charge >= 0.3 is 0 Å². The van der Waals surface area contributed by atoms with Crippen molar-refractivity contribution in [1.82, 2.24) is 20.2 Å². The monoisotopic (exact) mass is 334 g/mol. The van der Waals surface area contributed by atoms with Crippen LogP contribution in [0.2, 0.25) is 0 Å². The molecule has 7 heteroatoms. The normalized spacial score (nSPS) is 22.7. The van der Waals surface area contributed by atoms with E-state index >= 15 is 0 Å². The first-order valence-corrected chi connectivity index (χ1v) is 8.57. The van der Waals surface area contributed by atoms with E-state index in [1.165, 1.54) is 17.0 Å². The van der Waals surface area contributed by atoms with Gasteiger partial charge < -0.3 is 10.0 Å². The number of rotatable bonds is 5. The Morgan fingerprint density at radius 3 is 2.54 bits per heavy atom. The van der Waals surface area contributed by atoms with E-state index in [0.717, 1.165) is 37.3 Å². The highest BCUT2D eigenvalue weighted by Gasteiger charge is 2.35. The molecule has 1 saturated heterocycles. The number of hydrogen-bond donors (Lipinski definition) is 2. The quantitative estimate of drug-likeness (QED) is 0.840. The lowest BCUT2D eigenvalue weighted by Crippen LogP contribution is -3.14. The number of aliphatic hydroxyl groups excluding tert-OH is 1. The Labute approximate surface area is 141 Å². The molecule has 24 heavy (non-hydrogen) atoms. The Morgan fingerprint density at radius 2 is 1.92 bits per heavy atom. The Hall–Kier alpha value is -1.86. The second-order valence-corrected chi connectivity index (χ2v) is 6.93. The standard InChI is InChI=1S/C17H24FN5O/c1-12(2)16(22-9-7-15(24)8-10-22)17-19-20-21-23(17)11-13-3-5-14(18)6-4-13/h3-6,12,15-16,24H,7-11H2,1-2H3/p+1/t16-/m0/s1. The number of nitrogens with zero attached hydrogens (tertiary/aromatic N) is 4. The topological polar surface area (TPSA) is 68.3 Å². The molecule has 130 valence electrons. The molecular weight excluding hydrogens is 309 g/mol. The van der Waals surface area contributed by atoms with Crippen LogP contribution in [0.5, 0.6) is 0 Å². The minimum atomic E-state index is -0.243. The molecule has 1 aliphatic heterocycles. The number of likely N-dealkylation sites (tertiary alicyclic amines) is 1. The van der Waals surface area contributed by atoms with Crippen LogP contribution in [0.25, 0.3) is 0 Å². The van der Waals surface area contributed by atoms with Gasteiger partial charge in [0.1, 0.15) is 5.82 Å². The van der Waals surface area contributed by atoms with Gasteiger partial charge in [0, 0.05) is 18.8 Å². The lowest BCUT2D eigenvalue weighted by Gasteiger charge is -2.34. The maximum atomic E-state index is 13.1. The second kappa shape index (κ2) is 7.36. The fourth-order valence-electron chi connectivity index (χ4n) is 3.55. The lowest BCUT2D eigenvalue weighted by molar-refractivity contribution is -0.941. The second-order valence-electron chi connectivity index (χ2n) is 6.93. The van der Waals surface area contributed by atoms with E-state index in [4.69, 9.17) is 0 Å². The van der Waals surface area contributed by atoms with E-state index in [2.05, 4.69) is 29.4 Å². The van der Waals surface area contributed by atoms with Gasteiger partial charge in [-0.3, -0.25) is 0 Å². The largest absolute Gasteiger partial charge is 0.393 e. The summed E-state index contributed by atoms with van der Waals surface area (Å²) in [6.45, 7) is 6.74. The van der Waals surface area contributed by atoms with Crippen LogP contribution in [-0.2, 0) is 6.54 Å². The first-order chi connectivity index (χ1) is 11.5. The number of quaternary nitrogens is 1. The van der Waals surface area contributed by atoms with Gasteiger partial charge in [-0.1, -0.05) is 26.0 Å². The molecule has 2 heterocycles. The van der Waals surface area contributed by atoms with Gasteiger partial charge in [-0.2, -0.15) is 0 Å². The Bertz CT molecular complexity index is 649. The van der Waals surface area contributed by atoms with E-state index in [9.17, 15) is 9.50 Å². The zero-order valence-electron chi connectivity index (χ0n) is 14.2. The van der Waals surface area contributed by atoms with Crippen molar-refractivity contribution in [2.75, 3.05) is 13.1 Å². The van der Waals surface area contributed by atoms with Gasteiger partial charge in [0.15, 0.2) is 6.04 Å². The third kappa shape index (κ3) is 3.79. The highest BCUT2D eigenvalue weighted by Crippen LogP contribution is 2.18. The zero-order chi connectivity index (χ0) is 17.1. The zero-order valence-corrected chi connectivity index (χ0v) is 14.2. The molecule has 0 aliphatic carbocycles. The number of tetrazole rings is 1. The maximum Gasteiger partial charge on any atom is 0.209 e. The first kappa shape index (κ1) is 17.0. The number of piperidine rings is 1. The van der Waals surface area contributed by atoms with Crippen molar-refractivity contribution in [1.29, 1.82) is 0 Å². The van der Waals surface area contributed by atoms with Crippen LogP contribution < -0.4 is 4.90 Å². The van der Waals surface area contributed by atoms with Crippen molar-refractivity contribution in [3.05, 3.63) is 41.5 Å². The average molecular weight is 334 g/mol. The number of benzene rings is 1. The molecule has 0 amide bonds. The number of aliphatic hydroxyl groups is 1. The number of hydrogen-bond acceptors (Lipinski definition) is 4. The molecule has 3 rings (SSSR count). The molecule has 1 fully saturated rings. The minimum absolute atomic E-state index is 0.184. The number of nitrogens with one attached hydrogen (secondary N) is 1. The van der Waals surface area contributed by atoms with Crippen molar-refractivity contribution in [3.8, 4) is 0 Å². The summed E-state index contributed by atoms with van der Waals surface area (Å²) in [6.07, 6.45) is 1.45. The molecule has 0 unspecified atom stereocenters. The predicted molar refractivity (Wildman–Crippen MR) is 86.8 cm³/mol. The summed E-state index contributed by atoms with van der Waals surface area (Å²) >= 11 is 0. The molecule has 6 nitrogen and oxygen atoms in total. The fraction of sp³-hybridized carbons (Fsp3) is 0.588. The first-order valence-electron chi connectivity index (χ1n) is 8.57. The van der Waals surface area contributed by atoms with Crippen molar-refractivity contribution < 1.29 is 14.4 Å². The number of halogens is 1. The van der Waals surface area contributed by atoms with Crippen molar-refractivity contribution >= 4 is 0 Å². The van der Waals surface area contributed by atoms with E-state index in [1.54, 1.807) is 12.1 Å². The smallest absolute Gasteiger partial charge is 0.209 e. The minimum Gasteiger partial charge on any atom is -0.393 e. The molecule has 1 aliphatic rings. The summed E-state index contributed by atoms with van der Waals surface area (Å²) in [5, 5.41) is 22.1. The Morgan fingerprint density at radius 1 is 1.25 bits per heavy atom. The van der Waals surface area contributed by atoms with E-state index < -0.39 is 0 Å². The fourth-order valence-corrected chi connectivity index (χ4v) is 3.55. The average Bonchev–Trinajstić information content (AvgIpc) is 2.99. The molecule has 2 N–H and O–H groups in total. The Kier molecular flexibility index (Phi) is 5.20. The van der Waals surface area contributed by atoms with Crippen LogP contribution in [0.3, 0.4) is 0 Å². The van der Waals surface area contributed by atoms with E-state index in [0.29, 0.717) is 12.5 Å². The van der Waals surface area contributed by atoms with Crippen LogP contribution in [-0.4, -0.2) is 44.5 Å². The molecule has 0 saturated carbocycles. The maximum absolute atomic E-state index is 13.1. The Balaban J connectivity index is 1.81. The molecule has 2 aromatic rings. The molecule has 0 radical (unpaired) electrons. The van der Waals surface area contributed by atoms with Gasteiger partial charge in [-0.25, -0.2) is 9.07 Å². The summed E-state index contributed by atoms with van der Waals surface area (Å²) in [4.78, 5) is 1.42. The van der Waals surface area contributed by atoms with Crippen molar-refractivity contribution in [3.63, 3.8) is 0 Å². The molecule has 1 atom stereocenters. The molecule has 1 aromatic heterocycles. The van der Waals surface area contributed by atoms with Gasteiger partial charge in [0.2, 0.25) is 5.82 Å². The van der Waals surface area contributed by atoms with E-state index in [1.807, 2.05) is 4.68 Å². The summed E-state index contributed by atoms with van der Waals surface area (Å²) in [5.41, 5.74) is 0.969. The summed E-state index contributed by atoms with van der Waals surface area (Å²) in [6, 6.07) is 6.62. The third-order valence-corrected chi connectivity index (χ3v) is 4.79. The summed E-state index contributed by atoms with van der Waals surface area (Å²) in [7, 11) is 0. The van der Waals surface area contributed by atoms with Gasteiger partial charge in [-0.05, 0) is 28.1 Å². The van der Waals surface area contributed by atoms with Crippen LogP contribution in [0.15, 0.2) is 24.3 Å². The third-order valence-electron chi connectivity index (χ3n) is 4.79. The molecule has 1 aromatic carbocycles. The lowest BCUT2D eigenvalue weighted by atomic mass is 9.97. The molecular formula is C17H25FN5O+. The highest BCUT2D eigenvalue weighted by atomic mass is 19.1. The SMILES string of the molecule is CC(C)[C@@H](c1nnnn1Cc1ccc(F)cc1)[NH+]1CCC(O)CC1. The van der Waals surface area contributed by atoms with Gasteiger partial charge in [0.25, 0.3) is 0 Å². The van der Waals surface area contributed by atoms with Gasteiger partial charge in [-0.15, -0.1) is 5.10 Å². The van der Waals surface area contributed by atoms with Gasteiger partial charge in [0.05, 0.1) is 25.7 Å². The van der Waals surface area contributed by atoms with Crippen LogP contribution in [0.4, 0.5) is 4.39 Å². The highest BCUT2D eigenvalue weighted by molar-refractivity contribution is 5.16. The molecule has 0 bridgehead atoms. The predicted octanol–water partition coefficient (Wildman–Crippen LogP) is 0.597. The van der Waals surface area contributed by atoms with Crippen molar-refractivity contribution in [2.45, 2.75) is 45.4 Å². The van der Waals surface area contributed by atoms with E-state index in [-0.39, 0.29) is 18.0 Å². The summed E-state index contributed by atoms with van der Waals surface area (Å²) in [5.74, 6) is 1.00. The number of aromatic nitrogens is 4. The van der Waals surface area contributed by atoms with Crippen LogP contribution in [0, 0.1) is 11.7 Å². The van der Waals surface area contributed by atoms with Crippen LogP contribution >= 0.6 is 0 Å².